The van der Waals surface area contributed by atoms with Crippen LogP contribution < -0.4 is 15.5 Å². The monoisotopic (exact) mass is 405 g/mol. The van der Waals surface area contributed by atoms with E-state index in [2.05, 4.69) is 30.6 Å². The number of amides is 1. The van der Waals surface area contributed by atoms with Crippen LogP contribution >= 0.6 is 0 Å². The molecule has 2 N–H and O–H groups in total. The molecular formula is C22H27N7O. The molecule has 0 radical (unpaired) electrons. The molecule has 8 heteroatoms. The number of anilines is 4. The van der Waals surface area contributed by atoms with Crippen LogP contribution in [0.5, 0.6) is 0 Å². The normalized spacial score (nSPS) is 13.5. The standard InChI is InChI=1S/C22H27N7O/c1-14-21(15(2)28(4)27-14)22(30)26-18-9-7-17(8-10-18)25-19-13-20(24-16(3)23-19)29-11-5-6-12-29/h7-10,13H,5-6,11-12H2,1-4H3,(H,26,30)(H,23,24,25). The Bertz CT molecular complexity index is 1070. The molecule has 4 rings (SSSR count). The third-order valence-electron chi connectivity index (χ3n) is 5.41. The number of aryl methyl sites for hydroxylation is 3. The molecule has 1 amide bonds. The minimum atomic E-state index is -0.152. The summed E-state index contributed by atoms with van der Waals surface area (Å²) in [6.07, 6.45) is 2.41. The van der Waals surface area contributed by atoms with E-state index < -0.39 is 0 Å². The number of hydrogen-bond acceptors (Lipinski definition) is 6. The van der Waals surface area contributed by atoms with Gasteiger partial charge in [-0.2, -0.15) is 5.10 Å². The lowest BCUT2D eigenvalue weighted by Crippen LogP contribution is -2.19. The Balaban J connectivity index is 1.46. The second-order valence-corrected chi connectivity index (χ2v) is 7.68. The fourth-order valence-electron chi connectivity index (χ4n) is 3.80. The van der Waals surface area contributed by atoms with Crippen molar-refractivity contribution in [2.24, 2.45) is 7.05 Å². The van der Waals surface area contributed by atoms with E-state index in [1.807, 2.05) is 58.2 Å². The molecule has 0 spiro atoms. The molecule has 1 aliphatic heterocycles. The fourth-order valence-corrected chi connectivity index (χ4v) is 3.80. The number of nitrogens with one attached hydrogen (secondary N) is 2. The first-order valence-electron chi connectivity index (χ1n) is 10.2. The number of aromatic nitrogens is 4. The highest BCUT2D eigenvalue weighted by Crippen LogP contribution is 2.24. The Kier molecular flexibility index (Phi) is 5.39. The van der Waals surface area contributed by atoms with E-state index in [1.54, 1.807) is 4.68 Å². The smallest absolute Gasteiger partial charge is 0.259 e. The third-order valence-corrected chi connectivity index (χ3v) is 5.41. The van der Waals surface area contributed by atoms with Gasteiger partial charge in [0.15, 0.2) is 0 Å². The Morgan fingerprint density at radius 2 is 1.67 bits per heavy atom. The van der Waals surface area contributed by atoms with E-state index in [1.165, 1.54) is 12.8 Å². The lowest BCUT2D eigenvalue weighted by atomic mass is 10.1. The molecule has 156 valence electrons. The van der Waals surface area contributed by atoms with Gasteiger partial charge in [-0.25, -0.2) is 9.97 Å². The maximum Gasteiger partial charge on any atom is 0.259 e. The first-order chi connectivity index (χ1) is 14.4. The van der Waals surface area contributed by atoms with Crippen molar-refractivity contribution >= 4 is 28.9 Å². The van der Waals surface area contributed by atoms with Crippen LogP contribution in [0.25, 0.3) is 0 Å². The molecule has 2 aromatic heterocycles. The number of nitrogens with zero attached hydrogens (tertiary/aromatic N) is 5. The van der Waals surface area contributed by atoms with Crippen LogP contribution in [0.2, 0.25) is 0 Å². The van der Waals surface area contributed by atoms with Gasteiger partial charge in [0.1, 0.15) is 17.5 Å². The van der Waals surface area contributed by atoms with E-state index in [-0.39, 0.29) is 5.91 Å². The molecule has 8 nitrogen and oxygen atoms in total. The Morgan fingerprint density at radius 3 is 2.30 bits per heavy atom. The van der Waals surface area contributed by atoms with Crippen LogP contribution in [0.4, 0.5) is 23.0 Å². The van der Waals surface area contributed by atoms with Gasteiger partial charge in [-0.15, -0.1) is 0 Å². The molecule has 0 atom stereocenters. The molecule has 0 bridgehead atoms. The molecule has 3 aromatic rings. The molecule has 0 unspecified atom stereocenters. The Hall–Kier alpha value is -3.42. The van der Waals surface area contributed by atoms with Crippen molar-refractivity contribution in [3.05, 3.63) is 53.1 Å². The molecule has 3 heterocycles. The number of carbonyl (C=O) groups is 1. The Morgan fingerprint density at radius 1 is 1.00 bits per heavy atom. The fraction of sp³-hybridized carbons (Fsp3) is 0.364. The van der Waals surface area contributed by atoms with Gasteiger partial charge in [0, 0.05) is 43.3 Å². The van der Waals surface area contributed by atoms with Crippen LogP contribution in [-0.2, 0) is 7.05 Å². The molecule has 0 saturated carbocycles. The first-order valence-corrected chi connectivity index (χ1v) is 10.2. The lowest BCUT2D eigenvalue weighted by molar-refractivity contribution is 0.102. The maximum atomic E-state index is 12.6. The van der Waals surface area contributed by atoms with Gasteiger partial charge in [0.25, 0.3) is 5.91 Å². The van der Waals surface area contributed by atoms with Crippen LogP contribution in [-0.4, -0.2) is 38.7 Å². The second kappa shape index (κ2) is 8.14. The molecule has 30 heavy (non-hydrogen) atoms. The number of hydrogen-bond donors (Lipinski definition) is 2. The van der Waals surface area contributed by atoms with Crippen molar-refractivity contribution in [3.63, 3.8) is 0 Å². The highest BCUT2D eigenvalue weighted by atomic mass is 16.1. The topological polar surface area (TPSA) is 88.0 Å². The van der Waals surface area contributed by atoms with E-state index >= 15 is 0 Å². The average Bonchev–Trinajstić information content (AvgIpc) is 3.31. The van der Waals surface area contributed by atoms with Crippen molar-refractivity contribution in [1.29, 1.82) is 0 Å². The molecule has 0 aliphatic carbocycles. The van der Waals surface area contributed by atoms with E-state index in [9.17, 15) is 4.79 Å². The van der Waals surface area contributed by atoms with Gasteiger partial charge in [-0.1, -0.05) is 0 Å². The zero-order valence-corrected chi connectivity index (χ0v) is 17.9. The van der Waals surface area contributed by atoms with Crippen molar-refractivity contribution in [2.75, 3.05) is 28.6 Å². The van der Waals surface area contributed by atoms with Gasteiger partial charge in [0.2, 0.25) is 0 Å². The van der Waals surface area contributed by atoms with E-state index in [0.29, 0.717) is 5.56 Å². The van der Waals surface area contributed by atoms with Crippen molar-refractivity contribution in [1.82, 2.24) is 19.7 Å². The molecule has 1 saturated heterocycles. The van der Waals surface area contributed by atoms with E-state index in [0.717, 1.165) is 53.3 Å². The number of carbonyl (C=O) groups excluding carboxylic acids is 1. The predicted molar refractivity (Wildman–Crippen MR) is 119 cm³/mol. The first kappa shape index (κ1) is 19.9. The summed E-state index contributed by atoms with van der Waals surface area (Å²) in [6.45, 7) is 7.73. The summed E-state index contributed by atoms with van der Waals surface area (Å²) in [4.78, 5) is 24.0. The SMILES string of the molecule is Cc1nc(Nc2ccc(NC(=O)c3c(C)nn(C)c3C)cc2)cc(N2CCCC2)n1. The van der Waals surface area contributed by atoms with Gasteiger partial charge in [0.05, 0.1) is 11.3 Å². The quantitative estimate of drug-likeness (QED) is 0.672. The summed E-state index contributed by atoms with van der Waals surface area (Å²) in [5.41, 5.74) is 3.80. The summed E-state index contributed by atoms with van der Waals surface area (Å²) in [7, 11) is 1.84. The zero-order valence-electron chi connectivity index (χ0n) is 17.9. The van der Waals surface area contributed by atoms with Crippen LogP contribution in [0.1, 0.15) is 40.4 Å². The molecule has 1 aromatic carbocycles. The van der Waals surface area contributed by atoms with Crippen LogP contribution in [0.3, 0.4) is 0 Å². The zero-order chi connectivity index (χ0) is 21.3. The average molecular weight is 406 g/mol. The molecule has 1 fully saturated rings. The molecule has 1 aliphatic rings. The van der Waals surface area contributed by atoms with Crippen molar-refractivity contribution < 1.29 is 4.79 Å². The maximum absolute atomic E-state index is 12.6. The Labute approximate surface area is 176 Å². The van der Waals surface area contributed by atoms with Gasteiger partial charge < -0.3 is 15.5 Å². The van der Waals surface area contributed by atoms with Crippen LogP contribution in [0, 0.1) is 20.8 Å². The number of rotatable bonds is 5. The minimum Gasteiger partial charge on any atom is -0.356 e. The van der Waals surface area contributed by atoms with Gasteiger partial charge >= 0.3 is 0 Å². The second-order valence-electron chi connectivity index (χ2n) is 7.68. The highest BCUT2D eigenvalue weighted by molar-refractivity contribution is 6.05. The minimum absolute atomic E-state index is 0.152. The summed E-state index contributed by atoms with van der Waals surface area (Å²) < 4.78 is 1.72. The predicted octanol–water partition coefficient (Wildman–Crippen LogP) is 3.73. The third kappa shape index (κ3) is 4.12. The van der Waals surface area contributed by atoms with Crippen LogP contribution in [0.15, 0.2) is 30.3 Å². The summed E-state index contributed by atoms with van der Waals surface area (Å²) in [5, 5.41) is 10.6. The van der Waals surface area contributed by atoms with Gasteiger partial charge in [-0.3, -0.25) is 9.48 Å². The highest BCUT2D eigenvalue weighted by Gasteiger charge is 2.18. The van der Waals surface area contributed by atoms with E-state index in [4.69, 9.17) is 0 Å². The molecular weight excluding hydrogens is 378 g/mol. The lowest BCUT2D eigenvalue weighted by Gasteiger charge is -2.18. The summed E-state index contributed by atoms with van der Waals surface area (Å²) in [6, 6.07) is 9.58. The summed E-state index contributed by atoms with van der Waals surface area (Å²) >= 11 is 0. The summed E-state index contributed by atoms with van der Waals surface area (Å²) in [5.74, 6) is 2.32. The van der Waals surface area contributed by atoms with Gasteiger partial charge in [-0.05, 0) is 57.9 Å². The van der Waals surface area contributed by atoms with Crippen molar-refractivity contribution in [3.8, 4) is 0 Å². The van der Waals surface area contributed by atoms with Crippen molar-refractivity contribution in [2.45, 2.75) is 33.6 Å². The number of benzene rings is 1. The largest absolute Gasteiger partial charge is 0.356 e.